The van der Waals surface area contributed by atoms with Gasteiger partial charge in [0.2, 0.25) is 11.8 Å². The van der Waals surface area contributed by atoms with Crippen molar-refractivity contribution in [2.75, 3.05) is 29.4 Å². The number of ether oxygens (including phenoxy) is 1. The number of fused-ring (bicyclic) bond motifs is 1. The van der Waals surface area contributed by atoms with E-state index in [2.05, 4.69) is 10.3 Å². The first-order chi connectivity index (χ1) is 16.6. The maximum atomic E-state index is 13.4. The van der Waals surface area contributed by atoms with Gasteiger partial charge in [0.1, 0.15) is 5.56 Å². The topological polar surface area (TPSA) is 101 Å². The second-order valence-electron chi connectivity index (χ2n) is 8.93. The van der Waals surface area contributed by atoms with E-state index in [0.717, 1.165) is 36.7 Å². The number of aromatic nitrogens is 1. The summed E-state index contributed by atoms with van der Waals surface area (Å²) in [5, 5.41) is 3.44. The molecule has 8 nitrogen and oxygen atoms in total. The fourth-order valence-corrected chi connectivity index (χ4v) is 4.31. The van der Waals surface area contributed by atoms with E-state index in [1.165, 1.54) is 11.8 Å². The standard InChI is InChI=1S/C24H28F3N5O3/c1-14-13-31(23(34)35-22-19(24(25,26)27)4-3-9-29-22)21-10-16(5-8-20(21)32(14)15(2)33)17(11-28)12-30-18-6-7-18/h3-5,8-10,14,17-18,30H,6-7,11-13,28H2,1-2H3/t14-,17?/m0/s1. The minimum Gasteiger partial charge on any atom is -0.390 e. The molecular weight excluding hydrogens is 463 g/mol. The quantitative estimate of drug-likeness (QED) is 0.640. The number of hydrogen-bond donors (Lipinski definition) is 2. The summed E-state index contributed by atoms with van der Waals surface area (Å²) < 4.78 is 45.3. The van der Waals surface area contributed by atoms with Crippen molar-refractivity contribution < 1.29 is 27.5 Å². The maximum absolute atomic E-state index is 13.4. The zero-order valence-electron chi connectivity index (χ0n) is 19.5. The maximum Gasteiger partial charge on any atom is 0.421 e. The number of carbonyl (C=O) groups excluding carboxylic acids is 2. The Kier molecular flexibility index (Phi) is 7.00. The van der Waals surface area contributed by atoms with Crippen LogP contribution in [-0.2, 0) is 11.0 Å². The van der Waals surface area contributed by atoms with Crippen molar-refractivity contribution >= 4 is 23.4 Å². The predicted octanol–water partition coefficient (Wildman–Crippen LogP) is 3.66. The van der Waals surface area contributed by atoms with Crippen molar-refractivity contribution in [1.82, 2.24) is 10.3 Å². The van der Waals surface area contributed by atoms with Gasteiger partial charge in [-0.2, -0.15) is 13.2 Å². The second-order valence-corrected chi connectivity index (χ2v) is 8.93. The molecule has 1 fully saturated rings. The van der Waals surface area contributed by atoms with Crippen molar-refractivity contribution in [1.29, 1.82) is 0 Å². The number of amides is 2. The highest BCUT2D eigenvalue weighted by atomic mass is 19.4. The highest BCUT2D eigenvalue weighted by Gasteiger charge is 2.39. The summed E-state index contributed by atoms with van der Waals surface area (Å²) >= 11 is 0. The van der Waals surface area contributed by atoms with Crippen LogP contribution >= 0.6 is 0 Å². The van der Waals surface area contributed by atoms with Gasteiger partial charge in [0, 0.05) is 44.7 Å². The minimum atomic E-state index is -4.74. The summed E-state index contributed by atoms with van der Waals surface area (Å²) in [5.74, 6) is -1.08. The molecular formula is C24H28F3N5O3. The second kappa shape index (κ2) is 9.82. The van der Waals surface area contributed by atoms with Gasteiger partial charge in [0.05, 0.1) is 17.4 Å². The highest BCUT2D eigenvalue weighted by Crippen LogP contribution is 2.39. The van der Waals surface area contributed by atoms with Gasteiger partial charge in [-0.1, -0.05) is 6.07 Å². The average molecular weight is 492 g/mol. The Labute approximate surface area is 201 Å². The van der Waals surface area contributed by atoms with E-state index in [9.17, 15) is 22.8 Å². The highest BCUT2D eigenvalue weighted by molar-refractivity contribution is 6.02. The fraction of sp³-hybridized carbons (Fsp3) is 0.458. The van der Waals surface area contributed by atoms with Gasteiger partial charge in [-0.05, 0) is 49.6 Å². The van der Waals surface area contributed by atoms with E-state index in [1.54, 1.807) is 24.0 Å². The van der Waals surface area contributed by atoms with Crippen molar-refractivity contribution in [3.8, 4) is 5.88 Å². The van der Waals surface area contributed by atoms with Gasteiger partial charge >= 0.3 is 12.3 Å². The summed E-state index contributed by atoms with van der Waals surface area (Å²) in [6.45, 7) is 4.23. The number of carbonyl (C=O) groups is 2. The molecule has 2 atom stereocenters. The Morgan fingerprint density at radius 1 is 1.26 bits per heavy atom. The average Bonchev–Trinajstić information content (AvgIpc) is 3.63. The number of nitrogens with one attached hydrogen (secondary N) is 1. The van der Waals surface area contributed by atoms with Crippen molar-refractivity contribution in [2.24, 2.45) is 5.73 Å². The summed E-state index contributed by atoms with van der Waals surface area (Å²) in [4.78, 5) is 32.0. The molecule has 1 aliphatic carbocycles. The van der Waals surface area contributed by atoms with Crippen LogP contribution in [-0.4, -0.2) is 48.7 Å². The van der Waals surface area contributed by atoms with Crippen LogP contribution in [0.25, 0.3) is 0 Å². The Morgan fingerprint density at radius 2 is 2.00 bits per heavy atom. The molecule has 2 aromatic rings. The first-order valence-electron chi connectivity index (χ1n) is 11.5. The van der Waals surface area contributed by atoms with Crippen LogP contribution in [0.15, 0.2) is 36.5 Å². The van der Waals surface area contributed by atoms with Gasteiger partial charge in [0.15, 0.2) is 0 Å². The molecule has 0 spiro atoms. The molecule has 1 aromatic carbocycles. The lowest BCUT2D eigenvalue weighted by Gasteiger charge is -2.40. The number of alkyl halides is 3. The number of nitrogens with two attached hydrogens (primary N) is 1. The van der Waals surface area contributed by atoms with Crippen molar-refractivity contribution in [2.45, 2.75) is 50.9 Å². The zero-order valence-corrected chi connectivity index (χ0v) is 19.5. The number of anilines is 2. The number of pyridine rings is 1. The van der Waals surface area contributed by atoms with Crippen LogP contribution in [0.3, 0.4) is 0 Å². The molecule has 2 heterocycles. The number of nitrogens with zero attached hydrogens (tertiary/aromatic N) is 3. The summed E-state index contributed by atoms with van der Waals surface area (Å²) in [5.41, 5.74) is 6.56. The fourth-order valence-electron chi connectivity index (χ4n) is 4.31. The number of hydrogen-bond acceptors (Lipinski definition) is 6. The van der Waals surface area contributed by atoms with E-state index >= 15 is 0 Å². The molecule has 1 saturated carbocycles. The van der Waals surface area contributed by atoms with Crippen LogP contribution in [0.5, 0.6) is 5.88 Å². The van der Waals surface area contributed by atoms with Crippen LogP contribution in [0.4, 0.5) is 29.3 Å². The summed E-state index contributed by atoms with van der Waals surface area (Å²) in [6.07, 6.45) is -2.37. The number of benzene rings is 1. The largest absolute Gasteiger partial charge is 0.421 e. The molecule has 0 radical (unpaired) electrons. The van der Waals surface area contributed by atoms with Crippen molar-refractivity contribution in [3.63, 3.8) is 0 Å². The Hall–Kier alpha value is -3.18. The van der Waals surface area contributed by atoms with Crippen LogP contribution in [0.2, 0.25) is 0 Å². The monoisotopic (exact) mass is 491 g/mol. The van der Waals surface area contributed by atoms with Gasteiger partial charge in [0.25, 0.3) is 0 Å². The third kappa shape index (κ3) is 5.40. The first kappa shape index (κ1) is 24.9. The third-order valence-corrected chi connectivity index (χ3v) is 6.24. The summed E-state index contributed by atoms with van der Waals surface area (Å²) in [6, 6.07) is 7.35. The summed E-state index contributed by atoms with van der Waals surface area (Å²) in [7, 11) is 0. The predicted molar refractivity (Wildman–Crippen MR) is 124 cm³/mol. The van der Waals surface area contributed by atoms with Crippen molar-refractivity contribution in [3.05, 3.63) is 47.7 Å². The van der Waals surface area contributed by atoms with Gasteiger partial charge < -0.3 is 20.7 Å². The molecule has 188 valence electrons. The molecule has 0 bridgehead atoms. The lowest BCUT2D eigenvalue weighted by Crippen LogP contribution is -2.52. The normalized spacial score (nSPS) is 18.7. The molecule has 0 saturated heterocycles. The Balaban J connectivity index is 1.68. The van der Waals surface area contributed by atoms with Crippen LogP contribution in [0.1, 0.15) is 43.7 Å². The smallest absolute Gasteiger partial charge is 0.390 e. The molecule has 4 rings (SSSR count). The molecule has 35 heavy (non-hydrogen) atoms. The van der Waals surface area contributed by atoms with E-state index < -0.39 is 29.8 Å². The molecule has 3 N–H and O–H groups in total. The molecule has 2 aliphatic rings. The third-order valence-electron chi connectivity index (χ3n) is 6.24. The number of halogens is 3. The first-order valence-corrected chi connectivity index (χ1v) is 11.5. The minimum absolute atomic E-state index is 0.0384. The van der Waals surface area contributed by atoms with E-state index in [4.69, 9.17) is 10.5 Å². The lowest BCUT2D eigenvalue weighted by atomic mass is 9.96. The van der Waals surface area contributed by atoms with E-state index in [0.29, 0.717) is 30.5 Å². The van der Waals surface area contributed by atoms with Gasteiger partial charge in [-0.3, -0.25) is 9.69 Å². The van der Waals surface area contributed by atoms with Gasteiger partial charge in [-0.25, -0.2) is 9.78 Å². The van der Waals surface area contributed by atoms with Crippen LogP contribution in [0, 0.1) is 0 Å². The molecule has 1 aliphatic heterocycles. The lowest BCUT2D eigenvalue weighted by molar-refractivity contribution is -0.138. The zero-order chi connectivity index (χ0) is 25.3. The van der Waals surface area contributed by atoms with Gasteiger partial charge in [-0.15, -0.1) is 0 Å². The SMILES string of the molecule is CC(=O)N1c2ccc(C(CN)CNC3CC3)cc2N(C(=O)Oc2ncccc2C(F)(F)F)C[C@@H]1C. The molecule has 2 amide bonds. The molecule has 1 aromatic heterocycles. The van der Waals surface area contributed by atoms with Crippen LogP contribution < -0.4 is 25.6 Å². The Bertz CT molecular complexity index is 1110. The van der Waals surface area contributed by atoms with E-state index in [-0.39, 0.29) is 18.4 Å². The molecule has 11 heteroatoms. The van der Waals surface area contributed by atoms with E-state index in [1.807, 2.05) is 6.07 Å². The molecule has 1 unspecified atom stereocenters. The number of rotatable bonds is 6. The Morgan fingerprint density at radius 3 is 2.63 bits per heavy atom.